The molecule has 0 saturated carbocycles. The molecule has 1 fully saturated rings. The number of hydrogen-bond donors (Lipinski definition) is 0. The number of anilines is 1. The number of nitrogens with zero attached hydrogens (tertiary/aromatic N) is 3. The van der Waals surface area contributed by atoms with Gasteiger partial charge >= 0.3 is 12.1 Å². The summed E-state index contributed by atoms with van der Waals surface area (Å²) in [4.78, 5) is 19.5. The minimum atomic E-state index is -4.38. The summed E-state index contributed by atoms with van der Waals surface area (Å²) in [5.41, 5.74) is -0.754. The van der Waals surface area contributed by atoms with Crippen LogP contribution in [0.1, 0.15) is 19.4 Å². The van der Waals surface area contributed by atoms with E-state index >= 15 is 0 Å². The highest BCUT2D eigenvalue weighted by atomic mass is 19.4. The molecule has 2 heterocycles. The first kappa shape index (κ1) is 17.5. The van der Waals surface area contributed by atoms with Gasteiger partial charge in [0, 0.05) is 32.4 Å². The van der Waals surface area contributed by atoms with Crippen LogP contribution in [0.15, 0.2) is 18.3 Å². The van der Waals surface area contributed by atoms with Crippen LogP contribution in [-0.2, 0) is 15.7 Å². The lowest BCUT2D eigenvalue weighted by molar-refractivity contribution is -0.149. The number of aromatic nitrogens is 1. The molecule has 5 nitrogen and oxygen atoms in total. The fourth-order valence-electron chi connectivity index (χ4n) is 2.49. The molecule has 1 aromatic heterocycles. The molecular weight excluding hydrogens is 311 g/mol. The molecule has 0 radical (unpaired) electrons. The van der Waals surface area contributed by atoms with E-state index in [0.29, 0.717) is 38.6 Å². The fourth-order valence-corrected chi connectivity index (χ4v) is 2.49. The molecule has 1 aliphatic heterocycles. The molecule has 0 N–H and O–H groups in total. The molecule has 8 heteroatoms. The van der Waals surface area contributed by atoms with Gasteiger partial charge in [0.1, 0.15) is 11.9 Å². The first-order valence-corrected chi connectivity index (χ1v) is 7.51. The van der Waals surface area contributed by atoms with Gasteiger partial charge in [-0.05, 0) is 26.0 Å². The Morgan fingerprint density at radius 1 is 1.30 bits per heavy atom. The molecule has 0 aliphatic carbocycles. The summed E-state index contributed by atoms with van der Waals surface area (Å²) >= 11 is 0. The van der Waals surface area contributed by atoms with Crippen molar-refractivity contribution in [3.63, 3.8) is 0 Å². The van der Waals surface area contributed by atoms with Gasteiger partial charge in [-0.1, -0.05) is 0 Å². The Morgan fingerprint density at radius 3 is 2.43 bits per heavy atom. The summed E-state index contributed by atoms with van der Waals surface area (Å²) in [6.07, 6.45) is -3.53. The zero-order valence-electron chi connectivity index (χ0n) is 13.1. The van der Waals surface area contributed by atoms with Crippen LogP contribution in [-0.4, -0.2) is 54.7 Å². The highest BCUT2D eigenvalue weighted by molar-refractivity contribution is 5.75. The van der Waals surface area contributed by atoms with Crippen molar-refractivity contribution in [2.24, 2.45) is 0 Å². The topological polar surface area (TPSA) is 45.7 Å². The van der Waals surface area contributed by atoms with E-state index in [1.165, 1.54) is 6.07 Å². The maximum atomic E-state index is 12.5. The average molecular weight is 331 g/mol. The van der Waals surface area contributed by atoms with Gasteiger partial charge in [0.15, 0.2) is 0 Å². The molecule has 2 rings (SSSR count). The predicted molar refractivity (Wildman–Crippen MR) is 79.1 cm³/mol. The van der Waals surface area contributed by atoms with Crippen molar-refractivity contribution in [1.82, 2.24) is 9.88 Å². The molecule has 0 unspecified atom stereocenters. The molecule has 1 aromatic rings. The van der Waals surface area contributed by atoms with Crippen molar-refractivity contribution in [2.45, 2.75) is 26.1 Å². The summed E-state index contributed by atoms with van der Waals surface area (Å²) in [5, 5.41) is 0. The third-order valence-corrected chi connectivity index (χ3v) is 3.89. The van der Waals surface area contributed by atoms with Gasteiger partial charge in [-0.2, -0.15) is 13.2 Å². The molecule has 0 amide bonds. The van der Waals surface area contributed by atoms with E-state index in [4.69, 9.17) is 4.74 Å². The lowest BCUT2D eigenvalue weighted by Gasteiger charge is -2.37. The van der Waals surface area contributed by atoms with Gasteiger partial charge < -0.3 is 9.64 Å². The van der Waals surface area contributed by atoms with E-state index in [-0.39, 0.29) is 12.0 Å². The molecule has 0 bridgehead atoms. The van der Waals surface area contributed by atoms with Gasteiger partial charge in [-0.25, -0.2) is 4.98 Å². The molecule has 23 heavy (non-hydrogen) atoms. The van der Waals surface area contributed by atoms with Crippen LogP contribution >= 0.6 is 0 Å². The highest BCUT2D eigenvalue weighted by Gasteiger charge is 2.31. The maximum Gasteiger partial charge on any atom is 0.417 e. The van der Waals surface area contributed by atoms with Gasteiger partial charge in [0.05, 0.1) is 12.2 Å². The van der Waals surface area contributed by atoms with Crippen LogP contribution in [0.2, 0.25) is 0 Å². The number of rotatable bonds is 4. The molecular formula is C15H20F3N3O2. The number of carbonyl (C=O) groups is 1. The summed E-state index contributed by atoms with van der Waals surface area (Å²) in [7, 11) is 0. The minimum absolute atomic E-state index is 0.256. The largest absolute Gasteiger partial charge is 0.465 e. The van der Waals surface area contributed by atoms with Gasteiger partial charge in [-0.3, -0.25) is 9.69 Å². The number of esters is 1. The first-order valence-electron chi connectivity index (χ1n) is 7.51. The van der Waals surface area contributed by atoms with Crippen molar-refractivity contribution >= 4 is 11.8 Å². The van der Waals surface area contributed by atoms with Gasteiger partial charge in [-0.15, -0.1) is 0 Å². The zero-order chi connectivity index (χ0) is 17.0. The number of ether oxygens (including phenoxy) is 1. The highest BCUT2D eigenvalue weighted by Crippen LogP contribution is 2.29. The van der Waals surface area contributed by atoms with Crippen molar-refractivity contribution < 1.29 is 22.7 Å². The number of carbonyl (C=O) groups excluding carboxylic acids is 1. The van der Waals surface area contributed by atoms with Crippen LogP contribution in [0.25, 0.3) is 0 Å². The van der Waals surface area contributed by atoms with Crippen molar-refractivity contribution in [3.05, 3.63) is 23.9 Å². The van der Waals surface area contributed by atoms with Gasteiger partial charge in [0.2, 0.25) is 0 Å². The summed E-state index contributed by atoms with van der Waals surface area (Å²) in [6.45, 7) is 6.36. The Morgan fingerprint density at radius 2 is 1.96 bits per heavy atom. The normalized spacial score (nSPS) is 17.9. The Hall–Kier alpha value is -1.83. The quantitative estimate of drug-likeness (QED) is 0.792. The van der Waals surface area contributed by atoms with Crippen LogP contribution in [0, 0.1) is 0 Å². The summed E-state index contributed by atoms with van der Waals surface area (Å²) in [5.74, 6) is 0.259. The second kappa shape index (κ2) is 7.16. The maximum absolute atomic E-state index is 12.5. The molecule has 1 atom stereocenters. The zero-order valence-corrected chi connectivity index (χ0v) is 13.1. The third kappa shape index (κ3) is 4.34. The molecule has 1 saturated heterocycles. The second-order valence-corrected chi connectivity index (χ2v) is 5.35. The number of hydrogen-bond acceptors (Lipinski definition) is 5. The molecule has 128 valence electrons. The van der Waals surface area contributed by atoms with Crippen LogP contribution < -0.4 is 4.90 Å². The molecule has 1 aliphatic rings. The van der Waals surface area contributed by atoms with Gasteiger partial charge in [0.25, 0.3) is 0 Å². The van der Waals surface area contributed by atoms with E-state index in [1.54, 1.807) is 13.8 Å². The Kier molecular flexibility index (Phi) is 5.46. The van der Waals surface area contributed by atoms with Crippen LogP contribution in [0.5, 0.6) is 0 Å². The number of piperazine rings is 1. The predicted octanol–water partition coefficient (Wildman–Crippen LogP) is 2.17. The lowest BCUT2D eigenvalue weighted by Crippen LogP contribution is -2.52. The van der Waals surface area contributed by atoms with Crippen molar-refractivity contribution in [2.75, 3.05) is 37.7 Å². The SMILES string of the molecule is CCOC(=O)[C@H](C)N1CCN(c2ccc(C(F)(F)F)cn2)CC1. The molecule has 0 aromatic carbocycles. The average Bonchev–Trinajstić information content (AvgIpc) is 2.54. The standard InChI is InChI=1S/C15H20F3N3O2/c1-3-23-14(22)11(2)20-6-8-21(9-7-20)13-5-4-12(10-19-13)15(16,17)18/h4-5,10-11H,3,6-9H2,1-2H3/t11-/m0/s1. The third-order valence-electron chi connectivity index (χ3n) is 3.89. The number of halogens is 3. The van der Waals surface area contributed by atoms with E-state index in [2.05, 4.69) is 4.98 Å². The number of alkyl halides is 3. The van der Waals surface area contributed by atoms with E-state index < -0.39 is 11.7 Å². The lowest BCUT2D eigenvalue weighted by atomic mass is 10.2. The number of pyridine rings is 1. The van der Waals surface area contributed by atoms with Crippen LogP contribution in [0.4, 0.5) is 19.0 Å². The van der Waals surface area contributed by atoms with Crippen molar-refractivity contribution in [1.29, 1.82) is 0 Å². The van der Waals surface area contributed by atoms with Crippen molar-refractivity contribution in [3.8, 4) is 0 Å². The Labute approximate surface area is 133 Å². The first-order chi connectivity index (χ1) is 10.8. The second-order valence-electron chi connectivity index (χ2n) is 5.35. The summed E-state index contributed by atoms with van der Waals surface area (Å²) < 4.78 is 42.6. The smallest absolute Gasteiger partial charge is 0.417 e. The Balaban J connectivity index is 1.93. The fraction of sp³-hybridized carbons (Fsp3) is 0.600. The van der Waals surface area contributed by atoms with E-state index in [0.717, 1.165) is 12.3 Å². The van der Waals surface area contributed by atoms with Crippen LogP contribution in [0.3, 0.4) is 0 Å². The Bertz CT molecular complexity index is 526. The summed E-state index contributed by atoms with van der Waals surface area (Å²) in [6, 6.07) is 2.10. The van der Waals surface area contributed by atoms with E-state index in [9.17, 15) is 18.0 Å². The minimum Gasteiger partial charge on any atom is -0.465 e. The monoisotopic (exact) mass is 331 g/mol. The van der Waals surface area contributed by atoms with E-state index in [1.807, 2.05) is 9.80 Å². The molecule has 0 spiro atoms.